The number of aliphatic hydroxyl groups excluding tert-OH is 1. The van der Waals surface area contributed by atoms with Crippen LogP contribution in [0.1, 0.15) is 19.3 Å². The van der Waals surface area contributed by atoms with Crippen LogP contribution in [0.4, 0.5) is 4.39 Å². The molecular weight excluding hydrogens is 281 g/mol. The molecule has 102 valence electrons. The van der Waals surface area contributed by atoms with Gasteiger partial charge in [0, 0.05) is 13.2 Å². The number of sulfonamides is 1. The molecule has 0 atom stereocenters. The van der Waals surface area contributed by atoms with Gasteiger partial charge in [0.15, 0.2) is 0 Å². The Morgan fingerprint density at radius 1 is 1.28 bits per heavy atom. The fourth-order valence-electron chi connectivity index (χ4n) is 1.39. The molecule has 18 heavy (non-hydrogen) atoms. The van der Waals surface area contributed by atoms with E-state index in [0.29, 0.717) is 12.8 Å². The second-order valence-corrected chi connectivity index (χ2v) is 5.90. The van der Waals surface area contributed by atoms with Crippen LogP contribution in [0.5, 0.6) is 0 Å². The average molecular weight is 296 g/mol. The number of aliphatic hydroxyl groups is 1. The molecule has 0 amide bonds. The standard InChI is InChI=1S/C11H15ClFNO3S/c12-10-8-9(13)4-5-11(10)18(16,17)14-6-2-1-3-7-15/h4-5,8,14-15H,1-3,6-7H2. The number of hydrogen-bond acceptors (Lipinski definition) is 3. The Kier molecular flexibility index (Phi) is 6.01. The molecule has 0 radical (unpaired) electrons. The minimum absolute atomic E-state index is 0.0938. The molecule has 0 aliphatic rings. The molecule has 1 rings (SSSR count). The summed E-state index contributed by atoms with van der Waals surface area (Å²) in [5.74, 6) is -0.582. The van der Waals surface area contributed by atoms with Gasteiger partial charge in [0.2, 0.25) is 10.0 Å². The van der Waals surface area contributed by atoms with Crippen molar-refractivity contribution in [1.82, 2.24) is 4.72 Å². The van der Waals surface area contributed by atoms with Crippen LogP contribution in [0, 0.1) is 5.82 Å². The van der Waals surface area contributed by atoms with Gasteiger partial charge in [0.1, 0.15) is 10.7 Å². The van der Waals surface area contributed by atoms with Crippen molar-refractivity contribution in [2.75, 3.05) is 13.2 Å². The summed E-state index contributed by atoms with van der Waals surface area (Å²) in [5.41, 5.74) is 0. The topological polar surface area (TPSA) is 66.4 Å². The Balaban J connectivity index is 2.63. The molecule has 0 aromatic heterocycles. The van der Waals surface area contributed by atoms with E-state index in [-0.39, 0.29) is 23.1 Å². The van der Waals surface area contributed by atoms with Crippen molar-refractivity contribution in [3.8, 4) is 0 Å². The molecule has 0 spiro atoms. The Labute approximate surface area is 111 Å². The summed E-state index contributed by atoms with van der Waals surface area (Å²) in [6.45, 7) is 0.354. The highest BCUT2D eigenvalue weighted by Crippen LogP contribution is 2.21. The Hall–Kier alpha value is -0.690. The van der Waals surface area contributed by atoms with E-state index in [2.05, 4.69) is 4.72 Å². The smallest absolute Gasteiger partial charge is 0.242 e. The highest BCUT2D eigenvalue weighted by Gasteiger charge is 2.17. The van der Waals surface area contributed by atoms with Crippen LogP contribution in [-0.4, -0.2) is 26.7 Å². The van der Waals surface area contributed by atoms with Gasteiger partial charge in [0.05, 0.1) is 5.02 Å². The van der Waals surface area contributed by atoms with Crippen LogP contribution in [0.25, 0.3) is 0 Å². The van der Waals surface area contributed by atoms with Crippen molar-refractivity contribution in [1.29, 1.82) is 0 Å². The van der Waals surface area contributed by atoms with Crippen molar-refractivity contribution in [2.45, 2.75) is 24.2 Å². The normalized spacial score (nSPS) is 11.7. The van der Waals surface area contributed by atoms with Gasteiger partial charge in [0.25, 0.3) is 0 Å². The van der Waals surface area contributed by atoms with Crippen LogP contribution in [-0.2, 0) is 10.0 Å². The maximum absolute atomic E-state index is 12.8. The molecule has 0 heterocycles. The van der Waals surface area contributed by atoms with E-state index in [9.17, 15) is 12.8 Å². The third-order valence-electron chi connectivity index (χ3n) is 2.31. The summed E-state index contributed by atoms with van der Waals surface area (Å²) in [6.07, 6.45) is 1.99. The maximum Gasteiger partial charge on any atom is 0.242 e. The molecule has 0 bridgehead atoms. The summed E-state index contributed by atoms with van der Waals surface area (Å²) in [7, 11) is -3.71. The fourth-order valence-corrected chi connectivity index (χ4v) is 2.99. The highest BCUT2D eigenvalue weighted by molar-refractivity contribution is 7.89. The quantitative estimate of drug-likeness (QED) is 0.755. The van der Waals surface area contributed by atoms with E-state index >= 15 is 0 Å². The highest BCUT2D eigenvalue weighted by atomic mass is 35.5. The summed E-state index contributed by atoms with van der Waals surface area (Å²) in [6, 6.07) is 3.14. The lowest BCUT2D eigenvalue weighted by Crippen LogP contribution is -2.25. The molecule has 0 saturated heterocycles. The SMILES string of the molecule is O=S(=O)(NCCCCCO)c1ccc(F)cc1Cl. The first-order chi connectivity index (χ1) is 8.47. The minimum Gasteiger partial charge on any atom is -0.396 e. The van der Waals surface area contributed by atoms with E-state index in [0.717, 1.165) is 24.6 Å². The van der Waals surface area contributed by atoms with Gasteiger partial charge in [-0.25, -0.2) is 17.5 Å². The van der Waals surface area contributed by atoms with Gasteiger partial charge in [-0.15, -0.1) is 0 Å². The summed E-state index contributed by atoms with van der Waals surface area (Å²) in [5, 5.41) is 8.43. The molecule has 7 heteroatoms. The van der Waals surface area contributed by atoms with Crippen LogP contribution in [0.2, 0.25) is 5.02 Å². The first-order valence-corrected chi connectivity index (χ1v) is 7.39. The number of rotatable bonds is 7. The molecule has 2 N–H and O–H groups in total. The molecule has 0 aliphatic heterocycles. The molecule has 1 aromatic carbocycles. The van der Waals surface area contributed by atoms with Crippen molar-refractivity contribution in [3.63, 3.8) is 0 Å². The van der Waals surface area contributed by atoms with E-state index in [4.69, 9.17) is 16.7 Å². The fraction of sp³-hybridized carbons (Fsp3) is 0.455. The monoisotopic (exact) mass is 295 g/mol. The zero-order chi connectivity index (χ0) is 13.6. The van der Waals surface area contributed by atoms with Gasteiger partial charge < -0.3 is 5.11 Å². The average Bonchev–Trinajstić information content (AvgIpc) is 2.28. The second-order valence-electron chi connectivity index (χ2n) is 3.76. The third kappa shape index (κ3) is 4.53. The molecular formula is C11H15ClFNO3S. The summed E-state index contributed by atoms with van der Waals surface area (Å²) >= 11 is 5.68. The van der Waals surface area contributed by atoms with Gasteiger partial charge in [-0.2, -0.15) is 0 Å². The van der Waals surface area contributed by atoms with E-state index in [1.807, 2.05) is 0 Å². The van der Waals surface area contributed by atoms with E-state index in [1.54, 1.807) is 0 Å². The summed E-state index contributed by atoms with van der Waals surface area (Å²) in [4.78, 5) is -0.132. The van der Waals surface area contributed by atoms with Crippen molar-refractivity contribution in [2.24, 2.45) is 0 Å². The van der Waals surface area contributed by atoms with Crippen molar-refractivity contribution < 1.29 is 17.9 Å². The Morgan fingerprint density at radius 3 is 2.61 bits per heavy atom. The Bertz CT molecular complexity index is 493. The predicted octanol–water partition coefficient (Wildman–Crippen LogP) is 1.92. The minimum atomic E-state index is -3.71. The first-order valence-electron chi connectivity index (χ1n) is 5.53. The zero-order valence-electron chi connectivity index (χ0n) is 9.70. The van der Waals surface area contributed by atoms with Crippen molar-refractivity contribution in [3.05, 3.63) is 29.0 Å². The largest absolute Gasteiger partial charge is 0.396 e. The number of nitrogens with one attached hydrogen (secondary N) is 1. The lowest BCUT2D eigenvalue weighted by Gasteiger charge is -2.08. The number of hydrogen-bond donors (Lipinski definition) is 2. The van der Waals surface area contributed by atoms with Crippen LogP contribution in [0.15, 0.2) is 23.1 Å². The molecule has 1 aromatic rings. The molecule has 0 saturated carbocycles. The van der Waals surface area contributed by atoms with Crippen LogP contribution >= 0.6 is 11.6 Å². The summed E-state index contributed by atoms with van der Waals surface area (Å²) < 4.78 is 38.8. The molecule has 0 aliphatic carbocycles. The second kappa shape index (κ2) is 7.04. The Morgan fingerprint density at radius 2 is 2.00 bits per heavy atom. The van der Waals surface area contributed by atoms with Crippen LogP contribution in [0.3, 0.4) is 0 Å². The zero-order valence-corrected chi connectivity index (χ0v) is 11.3. The number of unbranched alkanes of at least 4 members (excludes halogenated alkanes) is 2. The van der Waals surface area contributed by atoms with Gasteiger partial charge in [-0.1, -0.05) is 11.6 Å². The van der Waals surface area contributed by atoms with Crippen molar-refractivity contribution >= 4 is 21.6 Å². The third-order valence-corrected chi connectivity index (χ3v) is 4.25. The lowest BCUT2D eigenvalue weighted by atomic mass is 10.2. The first kappa shape index (κ1) is 15.4. The number of benzene rings is 1. The van der Waals surface area contributed by atoms with Gasteiger partial charge >= 0.3 is 0 Å². The molecule has 0 fully saturated rings. The lowest BCUT2D eigenvalue weighted by molar-refractivity contribution is 0.283. The van der Waals surface area contributed by atoms with Gasteiger partial charge in [-0.05, 0) is 37.5 Å². The van der Waals surface area contributed by atoms with E-state index in [1.165, 1.54) is 0 Å². The van der Waals surface area contributed by atoms with Gasteiger partial charge in [-0.3, -0.25) is 0 Å². The van der Waals surface area contributed by atoms with E-state index < -0.39 is 15.8 Å². The predicted molar refractivity (Wildman–Crippen MR) is 67.5 cm³/mol. The maximum atomic E-state index is 12.8. The van der Waals surface area contributed by atoms with Crippen LogP contribution < -0.4 is 4.72 Å². The number of halogens is 2. The molecule has 0 unspecified atom stereocenters. The molecule has 4 nitrogen and oxygen atoms in total.